The summed E-state index contributed by atoms with van der Waals surface area (Å²) in [5.74, 6) is -2.44. The van der Waals surface area contributed by atoms with Crippen LogP contribution in [0.1, 0.15) is 31.4 Å². The van der Waals surface area contributed by atoms with Crippen molar-refractivity contribution in [1.29, 1.82) is 0 Å². The lowest BCUT2D eigenvalue weighted by molar-refractivity contribution is -0.910. The average molecular weight is 513 g/mol. The van der Waals surface area contributed by atoms with Gasteiger partial charge in [0.1, 0.15) is 23.7 Å². The van der Waals surface area contributed by atoms with Crippen LogP contribution in [0, 0.1) is 11.8 Å². The number of carbonyl (C=O) groups excluding carboxylic acids is 1. The summed E-state index contributed by atoms with van der Waals surface area (Å²) < 4.78 is 30.2. The van der Waals surface area contributed by atoms with Gasteiger partial charge in [0.25, 0.3) is 10.0 Å². The van der Waals surface area contributed by atoms with E-state index in [0.717, 1.165) is 23.1 Å². The molecule has 190 valence electrons. The first-order chi connectivity index (χ1) is 16.8. The zero-order valence-corrected chi connectivity index (χ0v) is 21.5. The third-order valence-electron chi connectivity index (χ3n) is 8.45. The molecule has 10 heteroatoms. The van der Waals surface area contributed by atoms with Gasteiger partial charge in [-0.15, -0.1) is 0 Å². The van der Waals surface area contributed by atoms with Crippen LogP contribution in [0.15, 0.2) is 40.4 Å². The third-order valence-corrected chi connectivity index (χ3v) is 10.3. The Balaban J connectivity index is 1.50. The Labute approximate surface area is 209 Å². The highest BCUT2D eigenvalue weighted by atomic mass is 32.2. The molecule has 2 aromatic carbocycles. The second-order valence-electron chi connectivity index (χ2n) is 11.3. The van der Waals surface area contributed by atoms with Crippen molar-refractivity contribution < 1.29 is 32.7 Å². The van der Waals surface area contributed by atoms with Gasteiger partial charge in [-0.25, -0.2) is 13.2 Å². The quantitative estimate of drug-likeness (QED) is 0.606. The highest BCUT2D eigenvalue weighted by Crippen LogP contribution is 2.50. The van der Waals surface area contributed by atoms with Crippen LogP contribution >= 0.6 is 0 Å². The maximum absolute atomic E-state index is 14.1. The van der Waals surface area contributed by atoms with Gasteiger partial charge in [0, 0.05) is 40.8 Å². The molecule has 4 heterocycles. The highest BCUT2D eigenvalue weighted by Gasteiger charge is 2.55. The van der Waals surface area contributed by atoms with Gasteiger partial charge in [0.15, 0.2) is 0 Å². The fourth-order valence-corrected chi connectivity index (χ4v) is 8.88. The molecule has 0 radical (unpaired) electrons. The second kappa shape index (κ2) is 7.30. The lowest BCUT2D eigenvalue weighted by atomic mass is 9.84. The van der Waals surface area contributed by atoms with Gasteiger partial charge >= 0.3 is 5.97 Å². The molecule has 1 saturated heterocycles. The van der Waals surface area contributed by atoms with Crippen molar-refractivity contribution in [3.05, 3.63) is 46.7 Å². The highest BCUT2D eigenvalue weighted by molar-refractivity contribution is 7.93. The summed E-state index contributed by atoms with van der Waals surface area (Å²) in [6.07, 6.45) is -0.720. The van der Waals surface area contributed by atoms with Crippen LogP contribution in [-0.4, -0.2) is 72.7 Å². The van der Waals surface area contributed by atoms with Crippen molar-refractivity contribution in [2.75, 3.05) is 24.9 Å². The molecule has 1 fully saturated rings. The SMILES string of the molecule is C[C@@H](O)[C@@H]1CC(=O)N2C(C(=O)O)=C(CN3c4cccc5cc6c(c(c45)S3(=O)=O)C[N+](C)(C)C6)[C@H](C)[C@H]12. The Kier molecular flexibility index (Phi) is 4.76. The van der Waals surface area contributed by atoms with Gasteiger partial charge in [0.2, 0.25) is 5.91 Å². The Morgan fingerprint density at radius 1 is 1.25 bits per heavy atom. The molecule has 0 aliphatic carbocycles. The summed E-state index contributed by atoms with van der Waals surface area (Å²) >= 11 is 0. The number of hydrogen-bond donors (Lipinski definition) is 2. The van der Waals surface area contributed by atoms with Crippen LogP contribution in [0.25, 0.3) is 10.8 Å². The number of carboxylic acid groups (broad SMARTS) is 1. The van der Waals surface area contributed by atoms with Crippen molar-refractivity contribution in [1.82, 2.24) is 4.90 Å². The van der Waals surface area contributed by atoms with Crippen LogP contribution in [0.2, 0.25) is 0 Å². The summed E-state index contributed by atoms with van der Waals surface area (Å²) in [4.78, 5) is 26.9. The van der Waals surface area contributed by atoms with E-state index < -0.39 is 40.0 Å². The topological polar surface area (TPSA) is 115 Å². The molecule has 0 aromatic heterocycles. The predicted octanol–water partition coefficient (Wildman–Crippen LogP) is 2.02. The number of aliphatic carboxylic acids is 1. The number of hydrogen-bond acceptors (Lipinski definition) is 5. The molecule has 4 aliphatic rings. The van der Waals surface area contributed by atoms with Crippen molar-refractivity contribution in [2.24, 2.45) is 11.8 Å². The number of anilines is 1. The predicted molar refractivity (Wildman–Crippen MR) is 132 cm³/mol. The summed E-state index contributed by atoms with van der Waals surface area (Å²) in [5.41, 5.74) is 2.64. The Morgan fingerprint density at radius 3 is 2.64 bits per heavy atom. The number of sulfonamides is 1. The molecule has 0 saturated carbocycles. The minimum Gasteiger partial charge on any atom is -0.477 e. The summed E-state index contributed by atoms with van der Waals surface area (Å²) in [7, 11) is 0.190. The fourth-order valence-electron chi connectivity index (χ4n) is 6.95. The molecule has 0 bridgehead atoms. The number of fused-ring (bicyclic) bond motifs is 3. The molecule has 0 unspecified atom stereocenters. The first kappa shape index (κ1) is 23.4. The van der Waals surface area contributed by atoms with E-state index in [0.29, 0.717) is 32.6 Å². The van der Waals surface area contributed by atoms with Gasteiger partial charge in [-0.05, 0) is 30.0 Å². The normalized spacial score (nSPS) is 28.2. The number of aliphatic hydroxyl groups excluding tert-OH is 1. The standard InChI is InChI=1S/C26H29N3O6S/c1-13-18(24(26(32)33)28-21(31)9-17(14(2)30)23(13)28)10-27-20-7-5-6-15-8-16-11-29(3,4)12-19(16)25(22(15)20)36(27,34)35/h5-8,13-14,17,23,30H,9-12H2,1-4H3/p+1/t13-,14+,17-,23+/m0/s1. The average Bonchev–Trinajstić information content (AvgIpc) is 3.43. The van der Waals surface area contributed by atoms with Crippen LogP contribution in [-0.2, 0) is 32.7 Å². The lowest BCUT2D eigenvalue weighted by Crippen LogP contribution is -2.38. The van der Waals surface area contributed by atoms with Crippen LogP contribution in [0.3, 0.4) is 0 Å². The molecule has 4 aliphatic heterocycles. The van der Waals surface area contributed by atoms with E-state index in [1.165, 1.54) is 9.21 Å². The molecule has 4 atom stereocenters. The third kappa shape index (κ3) is 2.98. The maximum atomic E-state index is 14.1. The smallest absolute Gasteiger partial charge is 0.352 e. The molecule has 1 amide bonds. The number of carbonyl (C=O) groups is 2. The Hall–Kier alpha value is -2.95. The largest absolute Gasteiger partial charge is 0.477 e. The number of nitrogens with zero attached hydrogens (tertiary/aromatic N) is 3. The minimum atomic E-state index is -3.96. The number of aliphatic hydroxyl groups is 1. The number of quaternary nitrogens is 1. The number of amides is 1. The molecule has 2 N–H and O–H groups in total. The van der Waals surface area contributed by atoms with Gasteiger partial charge in [-0.2, -0.15) is 0 Å². The maximum Gasteiger partial charge on any atom is 0.352 e. The van der Waals surface area contributed by atoms with E-state index in [2.05, 4.69) is 20.2 Å². The van der Waals surface area contributed by atoms with Crippen molar-refractivity contribution in [3.8, 4) is 0 Å². The van der Waals surface area contributed by atoms with Gasteiger partial charge < -0.3 is 19.6 Å². The number of carboxylic acids is 1. The Bertz CT molecular complexity index is 1510. The second-order valence-corrected chi connectivity index (χ2v) is 13.1. The van der Waals surface area contributed by atoms with Gasteiger partial charge in [0.05, 0.1) is 32.4 Å². The molecule has 6 rings (SSSR count). The fraction of sp³-hybridized carbons (Fsp3) is 0.462. The minimum absolute atomic E-state index is 0.0731. The molecular weight excluding hydrogens is 482 g/mol. The van der Waals surface area contributed by atoms with Crippen LogP contribution in [0.5, 0.6) is 0 Å². The molecular formula is C26H30N3O6S+. The van der Waals surface area contributed by atoms with E-state index in [1.54, 1.807) is 13.0 Å². The first-order valence-corrected chi connectivity index (χ1v) is 13.7. The number of rotatable bonds is 4. The van der Waals surface area contributed by atoms with E-state index in [9.17, 15) is 28.2 Å². The summed E-state index contributed by atoms with van der Waals surface area (Å²) in [6, 6.07) is 7.08. The van der Waals surface area contributed by atoms with Crippen LogP contribution in [0.4, 0.5) is 5.69 Å². The first-order valence-electron chi connectivity index (χ1n) is 12.2. The molecule has 2 aromatic rings. The molecule has 9 nitrogen and oxygen atoms in total. The van der Waals surface area contributed by atoms with Gasteiger partial charge in [-0.1, -0.05) is 19.1 Å². The van der Waals surface area contributed by atoms with Crippen molar-refractivity contribution >= 4 is 38.4 Å². The zero-order chi connectivity index (χ0) is 25.9. The number of benzene rings is 2. The van der Waals surface area contributed by atoms with E-state index in [4.69, 9.17) is 0 Å². The van der Waals surface area contributed by atoms with Gasteiger partial charge in [-0.3, -0.25) is 9.10 Å². The lowest BCUT2D eigenvalue weighted by Gasteiger charge is -2.28. The van der Waals surface area contributed by atoms with Crippen molar-refractivity contribution in [2.45, 2.75) is 50.4 Å². The summed E-state index contributed by atoms with van der Waals surface area (Å²) in [6.45, 7) is 4.62. The zero-order valence-electron chi connectivity index (χ0n) is 20.7. The summed E-state index contributed by atoms with van der Waals surface area (Å²) in [5, 5.41) is 22.0. The monoisotopic (exact) mass is 512 g/mol. The van der Waals surface area contributed by atoms with Crippen LogP contribution < -0.4 is 4.31 Å². The van der Waals surface area contributed by atoms with E-state index >= 15 is 0 Å². The van der Waals surface area contributed by atoms with E-state index in [-0.39, 0.29) is 24.6 Å². The molecule has 36 heavy (non-hydrogen) atoms. The Morgan fingerprint density at radius 2 is 1.97 bits per heavy atom. The van der Waals surface area contributed by atoms with Crippen molar-refractivity contribution in [3.63, 3.8) is 0 Å². The molecule has 0 spiro atoms. The van der Waals surface area contributed by atoms with E-state index in [1.807, 2.05) is 19.1 Å².